The molecule has 0 N–H and O–H groups in total. The number of fused-ring (bicyclic) bond motifs is 2. The van der Waals surface area contributed by atoms with Gasteiger partial charge < -0.3 is 0 Å². The van der Waals surface area contributed by atoms with Crippen LogP contribution in [0.25, 0.3) is 0 Å². The lowest BCUT2D eigenvalue weighted by atomic mass is 10.2. The smallest absolute Gasteiger partial charge is 0.0557 e. The van der Waals surface area contributed by atoms with Crippen molar-refractivity contribution < 1.29 is 0 Å². The van der Waals surface area contributed by atoms with E-state index in [1.54, 1.807) is 23.5 Å². The highest BCUT2D eigenvalue weighted by Gasteiger charge is 2.24. The molecule has 0 spiro atoms. The molecular weight excluding hydrogens is 303 g/mol. The number of halogens is 2. The topological polar surface area (TPSA) is 0 Å². The summed E-state index contributed by atoms with van der Waals surface area (Å²) in [6, 6.07) is 8.05. The molecule has 0 unspecified atom stereocenters. The molecule has 92 valence electrons. The molecule has 0 saturated heterocycles. The third-order valence-electron chi connectivity index (χ3n) is 2.93. The Morgan fingerprint density at radius 2 is 1.06 bits per heavy atom. The normalized spacial score (nSPS) is 13.1. The second-order valence-corrected chi connectivity index (χ2v) is 7.10. The fraction of sp³-hybridized carbons (Fsp3) is 0.143. The van der Waals surface area contributed by atoms with Crippen LogP contribution >= 0.6 is 46.7 Å². The van der Waals surface area contributed by atoms with E-state index in [1.807, 2.05) is 12.1 Å². The molecule has 0 aromatic heterocycles. The SMILES string of the molecule is Cc1ccc(Cl)c2c1Sc1c(C)ccc(Cl)c1S2. The molecule has 0 saturated carbocycles. The molecule has 0 fully saturated rings. The molecule has 2 aromatic carbocycles. The van der Waals surface area contributed by atoms with Crippen LogP contribution in [0.15, 0.2) is 43.8 Å². The van der Waals surface area contributed by atoms with Gasteiger partial charge in [-0.2, -0.15) is 0 Å². The van der Waals surface area contributed by atoms with Crippen molar-refractivity contribution >= 4 is 46.7 Å². The molecule has 18 heavy (non-hydrogen) atoms. The highest BCUT2D eigenvalue weighted by atomic mass is 35.5. The van der Waals surface area contributed by atoms with Gasteiger partial charge in [0.05, 0.1) is 10.0 Å². The molecule has 0 amide bonds. The van der Waals surface area contributed by atoms with Gasteiger partial charge in [-0.3, -0.25) is 0 Å². The molecule has 2 aromatic rings. The highest BCUT2D eigenvalue weighted by molar-refractivity contribution is 8.05. The molecule has 0 aliphatic carbocycles. The number of hydrogen-bond acceptors (Lipinski definition) is 2. The minimum Gasteiger partial charge on any atom is -0.0870 e. The van der Waals surface area contributed by atoms with Crippen molar-refractivity contribution in [3.05, 3.63) is 45.4 Å². The highest BCUT2D eigenvalue weighted by Crippen LogP contribution is 2.54. The standard InChI is InChI=1S/C14H10Cl2S2/c1-7-3-5-9(15)13-11(7)17-12-8(2)4-6-10(16)14(12)18-13/h3-6H,1-2H3. The van der Waals surface area contributed by atoms with Crippen LogP contribution in [-0.4, -0.2) is 0 Å². The molecule has 1 aliphatic heterocycles. The van der Waals surface area contributed by atoms with Gasteiger partial charge in [0.15, 0.2) is 0 Å². The van der Waals surface area contributed by atoms with Gasteiger partial charge in [-0.1, -0.05) is 58.9 Å². The lowest BCUT2D eigenvalue weighted by molar-refractivity contribution is 1.09. The van der Waals surface area contributed by atoms with Gasteiger partial charge in [-0.25, -0.2) is 0 Å². The summed E-state index contributed by atoms with van der Waals surface area (Å²) in [4.78, 5) is 4.76. The zero-order valence-electron chi connectivity index (χ0n) is 9.88. The maximum atomic E-state index is 6.30. The summed E-state index contributed by atoms with van der Waals surface area (Å²) in [5, 5.41) is 1.60. The molecular formula is C14H10Cl2S2. The largest absolute Gasteiger partial charge is 0.0870 e. The molecule has 0 atom stereocenters. The average molecular weight is 313 g/mol. The van der Waals surface area contributed by atoms with Crippen molar-refractivity contribution in [1.29, 1.82) is 0 Å². The van der Waals surface area contributed by atoms with Gasteiger partial charge in [0, 0.05) is 19.6 Å². The minimum atomic E-state index is 0.802. The van der Waals surface area contributed by atoms with E-state index in [-0.39, 0.29) is 0 Å². The van der Waals surface area contributed by atoms with Crippen molar-refractivity contribution in [1.82, 2.24) is 0 Å². The van der Waals surface area contributed by atoms with Crippen molar-refractivity contribution in [3.63, 3.8) is 0 Å². The van der Waals surface area contributed by atoms with E-state index >= 15 is 0 Å². The van der Waals surface area contributed by atoms with E-state index in [0.717, 1.165) is 19.8 Å². The number of rotatable bonds is 0. The molecule has 0 bridgehead atoms. The van der Waals surface area contributed by atoms with Crippen LogP contribution in [0.2, 0.25) is 10.0 Å². The van der Waals surface area contributed by atoms with Crippen LogP contribution in [0.1, 0.15) is 11.1 Å². The van der Waals surface area contributed by atoms with E-state index in [4.69, 9.17) is 23.2 Å². The Kier molecular flexibility index (Phi) is 3.31. The first-order chi connectivity index (χ1) is 8.58. The third kappa shape index (κ3) is 1.96. The van der Waals surface area contributed by atoms with E-state index in [0.29, 0.717) is 0 Å². The number of hydrogen-bond donors (Lipinski definition) is 0. The molecule has 0 radical (unpaired) electrons. The summed E-state index contributed by atoms with van der Waals surface area (Å²) in [5.74, 6) is 0. The summed E-state index contributed by atoms with van der Waals surface area (Å²) in [6.45, 7) is 4.24. The summed E-state index contributed by atoms with van der Waals surface area (Å²) < 4.78 is 0. The molecule has 4 heteroatoms. The Labute approximate surface area is 125 Å². The monoisotopic (exact) mass is 312 g/mol. The molecule has 1 aliphatic rings. The van der Waals surface area contributed by atoms with Crippen LogP contribution in [-0.2, 0) is 0 Å². The molecule has 3 rings (SSSR count). The van der Waals surface area contributed by atoms with Crippen LogP contribution in [0, 0.1) is 13.8 Å². The summed E-state index contributed by atoms with van der Waals surface area (Å²) >= 11 is 16.0. The molecule has 0 nitrogen and oxygen atoms in total. The first-order valence-corrected chi connectivity index (χ1v) is 7.90. The van der Waals surface area contributed by atoms with Crippen molar-refractivity contribution in [2.24, 2.45) is 0 Å². The predicted octanol–water partition coefficient (Wildman–Crippen LogP) is 6.23. The third-order valence-corrected chi connectivity index (χ3v) is 6.76. The fourth-order valence-corrected chi connectivity index (χ4v) is 5.19. The summed E-state index contributed by atoms with van der Waals surface area (Å²) in [5.41, 5.74) is 2.52. The van der Waals surface area contributed by atoms with Gasteiger partial charge in [0.1, 0.15) is 0 Å². The lowest BCUT2D eigenvalue weighted by Crippen LogP contribution is -1.95. The summed E-state index contributed by atoms with van der Waals surface area (Å²) in [7, 11) is 0. The number of aryl methyl sites for hydroxylation is 2. The lowest BCUT2D eigenvalue weighted by Gasteiger charge is -2.23. The van der Waals surface area contributed by atoms with Crippen LogP contribution in [0.5, 0.6) is 0 Å². The molecule has 1 heterocycles. The quantitative estimate of drug-likeness (QED) is 0.483. The first kappa shape index (κ1) is 12.7. The van der Waals surface area contributed by atoms with E-state index in [9.17, 15) is 0 Å². The Morgan fingerprint density at radius 1 is 0.667 bits per heavy atom. The van der Waals surface area contributed by atoms with Crippen molar-refractivity contribution in [2.75, 3.05) is 0 Å². The fourth-order valence-electron chi connectivity index (χ4n) is 1.92. The van der Waals surface area contributed by atoms with Crippen LogP contribution in [0.4, 0.5) is 0 Å². The Bertz CT molecular complexity index is 539. The minimum absolute atomic E-state index is 0.802. The van der Waals surface area contributed by atoms with Gasteiger partial charge >= 0.3 is 0 Å². The van der Waals surface area contributed by atoms with E-state index < -0.39 is 0 Å². The Hall–Kier alpha value is -0.280. The predicted molar refractivity (Wildman–Crippen MR) is 80.6 cm³/mol. The van der Waals surface area contributed by atoms with Crippen LogP contribution in [0.3, 0.4) is 0 Å². The van der Waals surface area contributed by atoms with Gasteiger partial charge in [0.2, 0.25) is 0 Å². The zero-order chi connectivity index (χ0) is 12.9. The average Bonchev–Trinajstić information content (AvgIpc) is 2.37. The number of benzene rings is 2. The zero-order valence-corrected chi connectivity index (χ0v) is 13.0. The van der Waals surface area contributed by atoms with Crippen LogP contribution < -0.4 is 0 Å². The van der Waals surface area contributed by atoms with Gasteiger partial charge in [-0.05, 0) is 37.1 Å². The second kappa shape index (κ2) is 4.68. The van der Waals surface area contributed by atoms with Crippen molar-refractivity contribution in [2.45, 2.75) is 33.4 Å². The second-order valence-electron chi connectivity index (χ2n) is 4.25. The Morgan fingerprint density at radius 3 is 1.50 bits per heavy atom. The van der Waals surface area contributed by atoms with Gasteiger partial charge in [-0.15, -0.1) is 0 Å². The maximum absolute atomic E-state index is 6.30. The van der Waals surface area contributed by atoms with E-state index in [1.165, 1.54) is 20.9 Å². The van der Waals surface area contributed by atoms with Crippen molar-refractivity contribution in [3.8, 4) is 0 Å². The maximum Gasteiger partial charge on any atom is 0.0557 e. The van der Waals surface area contributed by atoms with E-state index in [2.05, 4.69) is 26.0 Å². The Balaban J connectivity index is 2.24. The first-order valence-electron chi connectivity index (χ1n) is 5.52. The summed E-state index contributed by atoms with van der Waals surface area (Å²) in [6.07, 6.45) is 0. The van der Waals surface area contributed by atoms with Gasteiger partial charge in [0.25, 0.3) is 0 Å².